The van der Waals surface area contributed by atoms with E-state index in [2.05, 4.69) is 10.6 Å². The molecular weight excluding hydrogens is 260 g/mol. The molecule has 2 rings (SSSR count). The third-order valence-corrected chi connectivity index (χ3v) is 3.34. The number of methoxy groups -OCH3 is 1. The molecule has 1 heterocycles. The predicted octanol–water partition coefficient (Wildman–Crippen LogP) is 1.47. The number of ether oxygens (including phenoxy) is 1. The first-order valence-electron chi connectivity index (χ1n) is 6.57. The lowest BCUT2D eigenvalue weighted by Crippen LogP contribution is -2.43. The molecule has 20 heavy (non-hydrogen) atoms. The van der Waals surface area contributed by atoms with Gasteiger partial charge in [0.05, 0.1) is 24.4 Å². The Morgan fingerprint density at radius 1 is 1.40 bits per heavy atom. The number of piperidine rings is 1. The van der Waals surface area contributed by atoms with E-state index in [0.717, 1.165) is 25.8 Å². The van der Waals surface area contributed by atoms with Crippen LogP contribution < -0.4 is 15.4 Å². The second-order valence-electron chi connectivity index (χ2n) is 4.71. The molecule has 0 bridgehead atoms. The summed E-state index contributed by atoms with van der Waals surface area (Å²) in [5, 5.41) is 15.0. The number of amides is 1. The fraction of sp³-hybridized carbons (Fsp3) is 0.429. The zero-order chi connectivity index (χ0) is 14.5. The minimum atomic E-state index is -1.10. The smallest absolute Gasteiger partial charge is 0.337 e. The number of rotatable bonds is 4. The number of carbonyl (C=O) groups excluding carboxylic acids is 1. The SMILES string of the molecule is COc1ccc(NC(=O)[C@H]2CCCCN2)c(C(=O)O)c1. The topological polar surface area (TPSA) is 87.7 Å². The molecule has 1 fully saturated rings. The number of hydrogen-bond acceptors (Lipinski definition) is 4. The second-order valence-corrected chi connectivity index (χ2v) is 4.71. The first-order chi connectivity index (χ1) is 9.61. The lowest BCUT2D eigenvalue weighted by Gasteiger charge is -2.23. The van der Waals surface area contributed by atoms with Crippen molar-refractivity contribution in [1.82, 2.24) is 5.32 Å². The third-order valence-electron chi connectivity index (χ3n) is 3.34. The molecule has 6 heteroatoms. The van der Waals surface area contributed by atoms with Gasteiger partial charge >= 0.3 is 5.97 Å². The van der Waals surface area contributed by atoms with Crippen molar-refractivity contribution in [1.29, 1.82) is 0 Å². The first kappa shape index (κ1) is 14.3. The molecule has 1 aliphatic heterocycles. The van der Waals surface area contributed by atoms with Crippen LogP contribution in [-0.4, -0.2) is 36.7 Å². The minimum absolute atomic E-state index is 0.0218. The number of nitrogens with one attached hydrogen (secondary N) is 2. The van der Waals surface area contributed by atoms with Crippen LogP contribution in [0.4, 0.5) is 5.69 Å². The summed E-state index contributed by atoms with van der Waals surface area (Å²) in [6.07, 6.45) is 2.83. The van der Waals surface area contributed by atoms with Gasteiger partial charge in [-0.3, -0.25) is 4.79 Å². The molecule has 0 aliphatic carbocycles. The predicted molar refractivity (Wildman–Crippen MR) is 74.2 cm³/mol. The summed E-state index contributed by atoms with van der Waals surface area (Å²) >= 11 is 0. The maximum Gasteiger partial charge on any atom is 0.337 e. The van der Waals surface area contributed by atoms with Crippen LogP contribution in [0.3, 0.4) is 0 Å². The van der Waals surface area contributed by atoms with Gasteiger partial charge in [0.15, 0.2) is 0 Å². The van der Waals surface area contributed by atoms with Crippen LogP contribution >= 0.6 is 0 Å². The molecule has 108 valence electrons. The lowest BCUT2D eigenvalue weighted by atomic mass is 10.0. The zero-order valence-electron chi connectivity index (χ0n) is 11.3. The molecule has 6 nitrogen and oxygen atoms in total. The van der Waals surface area contributed by atoms with E-state index in [-0.39, 0.29) is 23.2 Å². The molecule has 0 spiro atoms. The van der Waals surface area contributed by atoms with Gasteiger partial charge in [-0.15, -0.1) is 0 Å². The van der Waals surface area contributed by atoms with Crippen molar-refractivity contribution in [2.75, 3.05) is 19.0 Å². The average Bonchev–Trinajstić information content (AvgIpc) is 2.48. The maximum atomic E-state index is 12.1. The Bertz CT molecular complexity index is 510. The molecule has 0 aromatic heterocycles. The van der Waals surface area contributed by atoms with Gasteiger partial charge in [-0.2, -0.15) is 0 Å². The fourth-order valence-electron chi connectivity index (χ4n) is 2.23. The number of carbonyl (C=O) groups is 2. The molecule has 1 aliphatic rings. The van der Waals surface area contributed by atoms with Crippen LogP contribution in [0.15, 0.2) is 18.2 Å². The average molecular weight is 278 g/mol. The molecule has 0 radical (unpaired) electrons. The highest BCUT2D eigenvalue weighted by molar-refractivity contribution is 6.02. The Kier molecular flexibility index (Phi) is 4.57. The van der Waals surface area contributed by atoms with Crippen LogP contribution in [-0.2, 0) is 4.79 Å². The number of hydrogen-bond donors (Lipinski definition) is 3. The van der Waals surface area contributed by atoms with E-state index in [1.54, 1.807) is 12.1 Å². The van der Waals surface area contributed by atoms with E-state index in [9.17, 15) is 14.7 Å². The van der Waals surface area contributed by atoms with Crippen molar-refractivity contribution in [2.24, 2.45) is 0 Å². The van der Waals surface area contributed by atoms with Crippen molar-refractivity contribution in [3.63, 3.8) is 0 Å². The van der Waals surface area contributed by atoms with Gasteiger partial charge in [0, 0.05) is 0 Å². The van der Waals surface area contributed by atoms with Gasteiger partial charge in [-0.05, 0) is 37.6 Å². The van der Waals surface area contributed by atoms with E-state index >= 15 is 0 Å². The molecule has 1 saturated heterocycles. The molecule has 1 amide bonds. The van der Waals surface area contributed by atoms with Gasteiger partial charge in [0.1, 0.15) is 5.75 Å². The van der Waals surface area contributed by atoms with Gasteiger partial charge in [-0.25, -0.2) is 4.79 Å². The summed E-state index contributed by atoms with van der Waals surface area (Å²) < 4.78 is 4.99. The minimum Gasteiger partial charge on any atom is -0.497 e. The van der Waals surface area contributed by atoms with E-state index in [1.165, 1.54) is 13.2 Å². The van der Waals surface area contributed by atoms with Crippen LogP contribution in [0.5, 0.6) is 5.75 Å². The van der Waals surface area contributed by atoms with Gasteiger partial charge in [0.25, 0.3) is 0 Å². The lowest BCUT2D eigenvalue weighted by molar-refractivity contribution is -0.118. The first-order valence-corrected chi connectivity index (χ1v) is 6.57. The monoisotopic (exact) mass is 278 g/mol. The number of anilines is 1. The molecular formula is C14H18N2O4. The van der Waals surface area contributed by atoms with Crippen molar-refractivity contribution in [3.8, 4) is 5.75 Å². The maximum absolute atomic E-state index is 12.1. The molecule has 1 aromatic carbocycles. The summed E-state index contributed by atoms with van der Waals surface area (Å²) in [5.41, 5.74) is 0.309. The molecule has 0 unspecified atom stereocenters. The van der Waals surface area contributed by atoms with Gasteiger partial charge in [-0.1, -0.05) is 6.42 Å². The summed E-state index contributed by atoms with van der Waals surface area (Å²) in [5.74, 6) is -0.857. The number of carboxylic acid groups (broad SMARTS) is 1. The Morgan fingerprint density at radius 3 is 2.80 bits per heavy atom. The normalized spacial score (nSPS) is 18.4. The summed E-state index contributed by atoms with van der Waals surface area (Å²) in [6.45, 7) is 0.812. The second kappa shape index (κ2) is 6.38. The summed E-state index contributed by atoms with van der Waals surface area (Å²) in [7, 11) is 1.46. The van der Waals surface area contributed by atoms with Crippen LogP contribution in [0, 0.1) is 0 Å². The highest BCUT2D eigenvalue weighted by atomic mass is 16.5. The van der Waals surface area contributed by atoms with E-state index in [1.807, 2.05) is 0 Å². The summed E-state index contributed by atoms with van der Waals surface area (Å²) in [6, 6.07) is 4.30. The van der Waals surface area contributed by atoms with E-state index in [4.69, 9.17) is 4.74 Å². The molecule has 1 atom stereocenters. The van der Waals surface area contributed by atoms with Crippen molar-refractivity contribution in [3.05, 3.63) is 23.8 Å². The van der Waals surface area contributed by atoms with Gasteiger partial charge in [0.2, 0.25) is 5.91 Å². The largest absolute Gasteiger partial charge is 0.497 e. The number of benzene rings is 1. The van der Waals surface area contributed by atoms with E-state index < -0.39 is 5.97 Å². The Hall–Kier alpha value is -2.08. The summed E-state index contributed by atoms with van der Waals surface area (Å²) in [4.78, 5) is 23.3. The molecule has 3 N–H and O–H groups in total. The van der Waals surface area contributed by atoms with Crippen molar-refractivity contribution in [2.45, 2.75) is 25.3 Å². The van der Waals surface area contributed by atoms with E-state index in [0.29, 0.717) is 5.75 Å². The Balaban J connectivity index is 2.15. The highest BCUT2D eigenvalue weighted by Crippen LogP contribution is 2.22. The van der Waals surface area contributed by atoms with Crippen molar-refractivity contribution < 1.29 is 19.4 Å². The molecule has 0 saturated carbocycles. The Morgan fingerprint density at radius 2 is 2.20 bits per heavy atom. The van der Waals surface area contributed by atoms with Crippen LogP contribution in [0.2, 0.25) is 0 Å². The number of carboxylic acids is 1. The standard InChI is InChI=1S/C14H18N2O4/c1-20-9-5-6-11(10(8-9)14(18)19)16-13(17)12-4-2-3-7-15-12/h5-6,8,12,15H,2-4,7H2,1H3,(H,16,17)(H,18,19)/t12-/m1/s1. The van der Waals surface area contributed by atoms with Crippen LogP contribution in [0.25, 0.3) is 0 Å². The number of aromatic carboxylic acids is 1. The molecule has 1 aromatic rings. The van der Waals surface area contributed by atoms with Crippen molar-refractivity contribution >= 4 is 17.6 Å². The Labute approximate surface area is 117 Å². The zero-order valence-corrected chi connectivity index (χ0v) is 11.3. The third kappa shape index (κ3) is 3.27. The quantitative estimate of drug-likeness (QED) is 0.776. The van der Waals surface area contributed by atoms with Crippen LogP contribution in [0.1, 0.15) is 29.6 Å². The fourth-order valence-corrected chi connectivity index (χ4v) is 2.23. The van der Waals surface area contributed by atoms with Gasteiger partial charge < -0.3 is 20.5 Å². The highest BCUT2D eigenvalue weighted by Gasteiger charge is 2.22.